The minimum absolute atomic E-state index is 0.000572. The SMILES string of the molecule is Cc1nc(C(C)C)sc1C(=O)NCCN1CCc2ccccc21. The average Bonchev–Trinajstić information content (AvgIpc) is 3.11. The highest BCUT2D eigenvalue weighted by Gasteiger charge is 2.19. The van der Waals surface area contributed by atoms with E-state index in [1.54, 1.807) is 0 Å². The highest BCUT2D eigenvalue weighted by Crippen LogP contribution is 2.27. The lowest BCUT2D eigenvalue weighted by Gasteiger charge is -2.19. The molecule has 1 amide bonds. The number of nitrogens with zero attached hydrogens (tertiary/aromatic N) is 2. The minimum Gasteiger partial charge on any atom is -0.369 e. The molecule has 1 N–H and O–H groups in total. The van der Waals surface area contributed by atoms with Gasteiger partial charge in [-0.05, 0) is 25.0 Å². The van der Waals surface area contributed by atoms with Crippen molar-refractivity contribution in [3.63, 3.8) is 0 Å². The van der Waals surface area contributed by atoms with Crippen LogP contribution in [0.5, 0.6) is 0 Å². The van der Waals surface area contributed by atoms with Crippen molar-refractivity contribution in [3.8, 4) is 0 Å². The number of carbonyl (C=O) groups is 1. The molecule has 0 saturated carbocycles. The first-order valence-electron chi connectivity index (χ1n) is 8.14. The van der Waals surface area contributed by atoms with Crippen LogP contribution in [0, 0.1) is 6.92 Å². The number of anilines is 1. The highest BCUT2D eigenvalue weighted by molar-refractivity contribution is 7.13. The lowest BCUT2D eigenvalue weighted by Crippen LogP contribution is -2.34. The van der Waals surface area contributed by atoms with E-state index in [-0.39, 0.29) is 5.91 Å². The van der Waals surface area contributed by atoms with Crippen molar-refractivity contribution < 1.29 is 4.79 Å². The first kappa shape index (κ1) is 16.0. The number of para-hydroxylation sites is 1. The van der Waals surface area contributed by atoms with Crippen molar-refractivity contribution in [2.75, 3.05) is 24.5 Å². The summed E-state index contributed by atoms with van der Waals surface area (Å²) < 4.78 is 0. The molecule has 5 heteroatoms. The van der Waals surface area contributed by atoms with Crippen LogP contribution in [0.3, 0.4) is 0 Å². The van der Waals surface area contributed by atoms with Crippen LogP contribution in [0.25, 0.3) is 0 Å². The van der Waals surface area contributed by atoms with E-state index in [1.807, 2.05) is 6.92 Å². The Morgan fingerprint density at radius 3 is 2.91 bits per heavy atom. The molecule has 0 radical (unpaired) electrons. The molecule has 3 rings (SSSR count). The molecule has 0 saturated heterocycles. The summed E-state index contributed by atoms with van der Waals surface area (Å²) in [5.74, 6) is 0.362. The molecule has 0 bridgehead atoms. The number of carbonyl (C=O) groups excluding carboxylic acids is 1. The third-order valence-electron chi connectivity index (χ3n) is 4.16. The van der Waals surface area contributed by atoms with Crippen LogP contribution < -0.4 is 10.2 Å². The number of hydrogen-bond donors (Lipinski definition) is 1. The molecule has 2 aromatic rings. The Balaban J connectivity index is 1.56. The molecule has 0 fully saturated rings. The number of nitrogens with one attached hydrogen (secondary N) is 1. The van der Waals surface area contributed by atoms with Crippen LogP contribution in [0.15, 0.2) is 24.3 Å². The van der Waals surface area contributed by atoms with Crippen LogP contribution in [0.2, 0.25) is 0 Å². The summed E-state index contributed by atoms with van der Waals surface area (Å²) in [4.78, 5) is 19.9. The minimum atomic E-state index is -0.000572. The lowest BCUT2D eigenvalue weighted by atomic mass is 10.2. The van der Waals surface area contributed by atoms with Crippen LogP contribution in [-0.4, -0.2) is 30.5 Å². The van der Waals surface area contributed by atoms with E-state index in [1.165, 1.54) is 22.6 Å². The van der Waals surface area contributed by atoms with Crippen LogP contribution in [0.1, 0.15) is 45.7 Å². The molecule has 4 nitrogen and oxygen atoms in total. The predicted molar refractivity (Wildman–Crippen MR) is 95.6 cm³/mol. The van der Waals surface area contributed by atoms with Crippen molar-refractivity contribution in [1.29, 1.82) is 0 Å². The molecular formula is C18H23N3OS. The molecule has 1 aromatic heterocycles. The summed E-state index contributed by atoms with van der Waals surface area (Å²) in [6, 6.07) is 8.50. The van der Waals surface area contributed by atoms with E-state index in [9.17, 15) is 4.79 Å². The molecule has 122 valence electrons. The fourth-order valence-corrected chi connectivity index (χ4v) is 3.88. The van der Waals surface area contributed by atoms with Crippen molar-refractivity contribution in [3.05, 3.63) is 45.4 Å². The second-order valence-electron chi connectivity index (χ2n) is 6.24. The molecule has 0 atom stereocenters. The molecule has 2 heterocycles. The summed E-state index contributed by atoms with van der Waals surface area (Å²) in [6.45, 7) is 8.65. The number of thiazole rings is 1. The van der Waals surface area contributed by atoms with Gasteiger partial charge in [0.25, 0.3) is 5.91 Å². The maximum atomic E-state index is 12.4. The number of fused-ring (bicyclic) bond motifs is 1. The van der Waals surface area contributed by atoms with Gasteiger partial charge in [-0.1, -0.05) is 32.0 Å². The number of amides is 1. The third kappa shape index (κ3) is 3.39. The van der Waals surface area contributed by atoms with Crippen LogP contribution >= 0.6 is 11.3 Å². The molecule has 1 aromatic carbocycles. The Bertz CT molecular complexity index is 708. The smallest absolute Gasteiger partial charge is 0.263 e. The maximum absolute atomic E-state index is 12.4. The zero-order chi connectivity index (χ0) is 16.4. The van der Waals surface area contributed by atoms with Gasteiger partial charge in [-0.25, -0.2) is 4.98 Å². The monoisotopic (exact) mass is 329 g/mol. The van der Waals surface area contributed by atoms with E-state index in [0.717, 1.165) is 35.1 Å². The largest absolute Gasteiger partial charge is 0.369 e. The number of rotatable bonds is 5. The van der Waals surface area contributed by atoms with E-state index in [2.05, 4.69) is 53.3 Å². The Hall–Kier alpha value is -1.88. The molecule has 1 aliphatic heterocycles. The Morgan fingerprint density at radius 2 is 2.17 bits per heavy atom. The van der Waals surface area contributed by atoms with Gasteiger partial charge in [0.05, 0.1) is 10.7 Å². The Labute approximate surface area is 141 Å². The zero-order valence-corrected chi connectivity index (χ0v) is 14.7. The van der Waals surface area contributed by atoms with Crippen LogP contribution in [0.4, 0.5) is 5.69 Å². The van der Waals surface area contributed by atoms with E-state index < -0.39 is 0 Å². The molecule has 23 heavy (non-hydrogen) atoms. The molecule has 0 aliphatic carbocycles. The number of hydrogen-bond acceptors (Lipinski definition) is 4. The molecule has 0 unspecified atom stereocenters. The van der Waals surface area contributed by atoms with Crippen molar-refractivity contribution >= 4 is 22.9 Å². The van der Waals surface area contributed by atoms with Gasteiger partial charge in [-0.3, -0.25) is 4.79 Å². The topological polar surface area (TPSA) is 45.2 Å². The predicted octanol–water partition coefficient (Wildman–Crippen LogP) is 3.37. The lowest BCUT2D eigenvalue weighted by molar-refractivity contribution is 0.0958. The average molecular weight is 329 g/mol. The van der Waals surface area contributed by atoms with Gasteiger partial charge in [0, 0.05) is 31.2 Å². The zero-order valence-electron chi connectivity index (χ0n) is 13.9. The summed E-state index contributed by atoms with van der Waals surface area (Å²) in [7, 11) is 0. The summed E-state index contributed by atoms with van der Waals surface area (Å²) >= 11 is 1.51. The Morgan fingerprint density at radius 1 is 1.39 bits per heavy atom. The standard InChI is InChI=1S/C18H23N3OS/c1-12(2)18-20-13(3)16(23-18)17(22)19-9-11-21-10-8-14-6-4-5-7-15(14)21/h4-7,12H,8-11H2,1-3H3,(H,19,22). The first-order chi connectivity index (χ1) is 11.1. The quantitative estimate of drug-likeness (QED) is 0.915. The van der Waals surface area contributed by atoms with E-state index in [4.69, 9.17) is 0 Å². The van der Waals surface area contributed by atoms with Crippen molar-refractivity contribution in [2.24, 2.45) is 0 Å². The fraction of sp³-hybridized carbons (Fsp3) is 0.444. The molecule has 1 aliphatic rings. The second-order valence-corrected chi connectivity index (χ2v) is 7.27. The van der Waals surface area contributed by atoms with Gasteiger partial charge in [0.1, 0.15) is 4.88 Å². The van der Waals surface area contributed by atoms with Gasteiger partial charge in [-0.15, -0.1) is 11.3 Å². The van der Waals surface area contributed by atoms with E-state index in [0.29, 0.717) is 12.5 Å². The second kappa shape index (κ2) is 6.71. The maximum Gasteiger partial charge on any atom is 0.263 e. The number of benzene rings is 1. The van der Waals surface area contributed by atoms with Crippen LogP contribution in [-0.2, 0) is 6.42 Å². The Kier molecular flexibility index (Phi) is 4.66. The van der Waals surface area contributed by atoms with E-state index >= 15 is 0 Å². The molecular weight excluding hydrogens is 306 g/mol. The summed E-state index contributed by atoms with van der Waals surface area (Å²) in [6.07, 6.45) is 1.09. The number of aromatic nitrogens is 1. The van der Waals surface area contributed by atoms with Crippen molar-refractivity contribution in [1.82, 2.24) is 10.3 Å². The number of aryl methyl sites for hydroxylation is 1. The highest BCUT2D eigenvalue weighted by atomic mass is 32.1. The summed E-state index contributed by atoms with van der Waals surface area (Å²) in [5, 5.41) is 4.07. The van der Waals surface area contributed by atoms with Gasteiger partial charge in [0.2, 0.25) is 0 Å². The van der Waals surface area contributed by atoms with Gasteiger partial charge >= 0.3 is 0 Å². The van der Waals surface area contributed by atoms with Gasteiger partial charge in [-0.2, -0.15) is 0 Å². The fourth-order valence-electron chi connectivity index (χ4n) is 2.90. The van der Waals surface area contributed by atoms with Gasteiger partial charge < -0.3 is 10.2 Å². The molecule has 0 spiro atoms. The van der Waals surface area contributed by atoms with Crippen molar-refractivity contribution in [2.45, 2.75) is 33.1 Å². The summed E-state index contributed by atoms with van der Waals surface area (Å²) in [5.41, 5.74) is 3.54. The normalized spacial score (nSPS) is 13.5. The van der Waals surface area contributed by atoms with Gasteiger partial charge in [0.15, 0.2) is 0 Å². The third-order valence-corrected chi connectivity index (χ3v) is 5.62. The first-order valence-corrected chi connectivity index (χ1v) is 8.96.